The Bertz CT molecular complexity index is 1180. The molecule has 6 rings (SSSR count). The van der Waals surface area contributed by atoms with Crippen molar-refractivity contribution in [2.75, 3.05) is 19.6 Å². The van der Waals surface area contributed by atoms with Crippen molar-refractivity contribution < 1.29 is 14.3 Å². The minimum Gasteiger partial charge on any atom is -0.508 e. The number of benzene rings is 1. The number of nitrogens with zero attached hydrogens (tertiary/aromatic N) is 2. The first-order valence-electron chi connectivity index (χ1n) is 13.8. The number of hydrogen-bond donors (Lipinski definition) is 5. The van der Waals surface area contributed by atoms with Gasteiger partial charge in [0.2, 0.25) is 5.91 Å². The maximum Gasteiger partial charge on any atom is 0.224 e. The molecule has 1 aliphatic carbocycles. The van der Waals surface area contributed by atoms with E-state index in [1.807, 2.05) is 24.1 Å². The number of nitrogens with one attached hydrogen (secondary N) is 4. The third kappa shape index (κ3) is 4.69. The molecule has 3 aliphatic heterocycles. The predicted molar refractivity (Wildman–Crippen MR) is 139 cm³/mol. The molecule has 5 N–H and O–H groups in total. The summed E-state index contributed by atoms with van der Waals surface area (Å²) in [5.74, 6) is 1.17. The first kappa shape index (κ1) is 24.6. The van der Waals surface area contributed by atoms with Crippen molar-refractivity contribution in [3.05, 3.63) is 53.1 Å². The van der Waals surface area contributed by atoms with Crippen LogP contribution in [0.25, 0.3) is 5.57 Å². The second-order valence-corrected chi connectivity index (χ2v) is 11.0. The first-order valence-corrected chi connectivity index (χ1v) is 13.8. The SMILES string of the molecule is CCc1cc(O)ccc1C1CCC2C(c3ncc(C4=C[C@H](CC(=O)N5CCCC5)NC4)[nH]3)NNC2C1F. The van der Waals surface area contributed by atoms with Gasteiger partial charge in [-0.1, -0.05) is 19.1 Å². The lowest BCUT2D eigenvalue weighted by Crippen LogP contribution is -2.45. The van der Waals surface area contributed by atoms with Crippen molar-refractivity contribution in [2.45, 2.75) is 75.7 Å². The molecule has 4 heterocycles. The normalized spacial score (nSPS) is 31.5. The Morgan fingerprint density at radius 3 is 2.86 bits per heavy atom. The van der Waals surface area contributed by atoms with E-state index >= 15 is 4.39 Å². The van der Waals surface area contributed by atoms with E-state index in [0.717, 1.165) is 73.4 Å². The highest BCUT2D eigenvalue weighted by atomic mass is 19.1. The highest BCUT2D eigenvalue weighted by Crippen LogP contribution is 2.45. The maximum atomic E-state index is 15.9. The van der Waals surface area contributed by atoms with Crippen LogP contribution >= 0.6 is 0 Å². The Morgan fingerprint density at radius 2 is 2.05 bits per heavy atom. The summed E-state index contributed by atoms with van der Waals surface area (Å²) in [5.41, 5.74) is 10.6. The van der Waals surface area contributed by atoms with Gasteiger partial charge in [0.05, 0.1) is 24.0 Å². The number of phenolic OH excluding ortho intramolecular Hbond substituents is 1. The second kappa shape index (κ2) is 10.2. The van der Waals surface area contributed by atoms with Crippen molar-refractivity contribution in [1.29, 1.82) is 0 Å². The van der Waals surface area contributed by atoms with Gasteiger partial charge in [-0.3, -0.25) is 10.2 Å². The molecule has 1 aromatic heterocycles. The minimum atomic E-state index is -1.03. The molecular formula is C28H37FN6O2. The largest absolute Gasteiger partial charge is 0.508 e. The summed E-state index contributed by atoms with van der Waals surface area (Å²) in [7, 11) is 0. The van der Waals surface area contributed by atoms with Crippen molar-refractivity contribution in [1.82, 2.24) is 31.0 Å². The van der Waals surface area contributed by atoms with E-state index in [0.29, 0.717) is 13.0 Å². The Labute approximate surface area is 217 Å². The van der Waals surface area contributed by atoms with Crippen LogP contribution in [0.1, 0.15) is 73.6 Å². The molecule has 198 valence electrons. The van der Waals surface area contributed by atoms with Crippen LogP contribution in [0.2, 0.25) is 0 Å². The number of hydrazine groups is 1. The van der Waals surface area contributed by atoms with Crippen LogP contribution in [0.15, 0.2) is 30.5 Å². The molecule has 2 aromatic rings. The summed E-state index contributed by atoms with van der Waals surface area (Å²) >= 11 is 0. The summed E-state index contributed by atoms with van der Waals surface area (Å²) < 4.78 is 15.9. The summed E-state index contributed by atoms with van der Waals surface area (Å²) in [4.78, 5) is 22.6. The van der Waals surface area contributed by atoms with Crippen LogP contribution in [0, 0.1) is 5.92 Å². The quantitative estimate of drug-likeness (QED) is 0.411. The fourth-order valence-electron chi connectivity index (χ4n) is 6.77. The summed E-state index contributed by atoms with van der Waals surface area (Å²) in [6.45, 7) is 4.50. The van der Waals surface area contributed by atoms with Crippen LogP contribution < -0.4 is 16.2 Å². The van der Waals surface area contributed by atoms with E-state index in [1.54, 1.807) is 12.1 Å². The van der Waals surface area contributed by atoms with Gasteiger partial charge in [0.1, 0.15) is 17.7 Å². The molecule has 0 bridgehead atoms. The topological polar surface area (TPSA) is 105 Å². The van der Waals surface area contributed by atoms with Gasteiger partial charge in [-0.15, -0.1) is 0 Å². The van der Waals surface area contributed by atoms with E-state index < -0.39 is 6.17 Å². The van der Waals surface area contributed by atoms with Crippen LogP contribution in [0.3, 0.4) is 0 Å². The number of imidazole rings is 1. The molecule has 3 fully saturated rings. The van der Waals surface area contributed by atoms with Gasteiger partial charge in [0.15, 0.2) is 0 Å². The van der Waals surface area contributed by atoms with Crippen molar-refractivity contribution in [3.8, 4) is 5.75 Å². The van der Waals surface area contributed by atoms with Gasteiger partial charge in [-0.05, 0) is 60.9 Å². The fourth-order valence-corrected chi connectivity index (χ4v) is 6.77. The van der Waals surface area contributed by atoms with E-state index in [-0.39, 0.29) is 41.6 Å². The molecular weight excluding hydrogens is 471 g/mol. The highest BCUT2D eigenvalue weighted by molar-refractivity contribution is 5.78. The molecule has 5 unspecified atom stereocenters. The number of fused-ring (bicyclic) bond motifs is 1. The number of phenols is 1. The maximum absolute atomic E-state index is 15.9. The number of amides is 1. The molecule has 8 nitrogen and oxygen atoms in total. The van der Waals surface area contributed by atoms with Gasteiger partial charge in [-0.25, -0.2) is 14.8 Å². The number of aromatic amines is 1. The number of rotatable bonds is 6. The molecule has 1 aromatic carbocycles. The van der Waals surface area contributed by atoms with Gasteiger partial charge >= 0.3 is 0 Å². The standard InChI is InChI=1S/C28H37FN6O2/c1-2-16-12-19(36)5-6-20(16)21-7-8-22-26(25(21)29)33-34-27(22)28-31-15-23(32-28)17-11-18(30-14-17)13-24(37)35-9-3-4-10-35/h5-6,11-12,15,18,21-22,25-27,30,33-34,36H,2-4,7-10,13-14H2,1H3,(H,31,32)/t18-,21?,22?,25?,26?,27?/m1/s1. The Hall–Kier alpha value is -2.75. The molecule has 4 aliphatic rings. The monoisotopic (exact) mass is 508 g/mol. The number of likely N-dealkylation sites (tertiary alicyclic amines) is 1. The molecule has 2 saturated heterocycles. The van der Waals surface area contributed by atoms with Gasteiger partial charge < -0.3 is 20.3 Å². The van der Waals surface area contributed by atoms with Crippen LogP contribution in [-0.4, -0.2) is 63.8 Å². The molecule has 9 heteroatoms. The van der Waals surface area contributed by atoms with Gasteiger partial charge in [-0.2, -0.15) is 0 Å². The number of aryl methyl sites for hydroxylation is 1. The van der Waals surface area contributed by atoms with Gasteiger partial charge in [0.25, 0.3) is 0 Å². The van der Waals surface area contributed by atoms with Gasteiger partial charge in [0, 0.05) is 43.9 Å². The molecule has 1 saturated carbocycles. The van der Waals surface area contributed by atoms with E-state index in [2.05, 4.69) is 32.2 Å². The number of H-pyrrole nitrogens is 1. The Morgan fingerprint density at radius 1 is 1.22 bits per heavy atom. The number of aromatic nitrogens is 2. The Kier molecular flexibility index (Phi) is 6.77. The van der Waals surface area contributed by atoms with Crippen LogP contribution in [0.5, 0.6) is 5.75 Å². The number of hydrogen-bond acceptors (Lipinski definition) is 6. The lowest BCUT2D eigenvalue weighted by atomic mass is 9.71. The third-order valence-corrected chi connectivity index (χ3v) is 8.79. The van der Waals surface area contributed by atoms with Crippen LogP contribution in [-0.2, 0) is 11.2 Å². The first-order chi connectivity index (χ1) is 18.0. The zero-order chi connectivity index (χ0) is 25.5. The number of halogens is 1. The predicted octanol–water partition coefficient (Wildman–Crippen LogP) is 3.09. The molecule has 0 radical (unpaired) electrons. The number of alkyl halides is 1. The highest BCUT2D eigenvalue weighted by Gasteiger charge is 2.48. The molecule has 0 spiro atoms. The van der Waals surface area contributed by atoms with Crippen molar-refractivity contribution in [2.24, 2.45) is 5.92 Å². The second-order valence-electron chi connectivity index (χ2n) is 11.0. The Balaban J connectivity index is 1.12. The van der Waals surface area contributed by atoms with Crippen molar-refractivity contribution in [3.63, 3.8) is 0 Å². The average Bonchev–Trinajstić information content (AvgIpc) is 3.71. The number of carbonyl (C=O) groups is 1. The summed E-state index contributed by atoms with van der Waals surface area (Å²) in [6, 6.07) is 4.97. The zero-order valence-electron chi connectivity index (χ0n) is 21.3. The number of carbonyl (C=O) groups excluding carboxylic acids is 1. The summed E-state index contributed by atoms with van der Waals surface area (Å²) in [5, 5.41) is 13.3. The van der Waals surface area contributed by atoms with Crippen LogP contribution in [0.4, 0.5) is 4.39 Å². The third-order valence-electron chi connectivity index (χ3n) is 8.79. The fraction of sp³-hybridized carbons (Fsp3) is 0.571. The summed E-state index contributed by atoms with van der Waals surface area (Å²) in [6.07, 6.45) is 8.06. The smallest absolute Gasteiger partial charge is 0.224 e. The molecule has 37 heavy (non-hydrogen) atoms. The zero-order valence-corrected chi connectivity index (χ0v) is 21.3. The van der Waals surface area contributed by atoms with E-state index in [4.69, 9.17) is 0 Å². The lowest BCUT2D eigenvalue weighted by Gasteiger charge is -2.36. The van der Waals surface area contributed by atoms with E-state index in [1.165, 1.54) is 0 Å². The minimum absolute atomic E-state index is 0.0426. The van der Waals surface area contributed by atoms with E-state index in [9.17, 15) is 9.90 Å². The number of aromatic hydroxyl groups is 1. The van der Waals surface area contributed by atoms with Crippen molar-refractivity contribution >= 4 is 11.5 Å². The molecule has 6 atom stereocenters. The lowest BCUT2D eigenvalue weighted by molar-refractivity contribution is -0.130. The molecule has 1 amide bonds. The average molecular weight is 509 g/mol.